The molecular weight excluding hydrogens is 419 g/mol. The number of imidazole rings is 1. The summed E-state index contributed by atoms with van der Waals surface area (Å²) in [6, 6.07) is 5.87. The van der Waals surface area contributed by atoms with Gasteiger partial charge < -0.3 is 14.0 Å². The van der Waals surface area contributed by atoms with Crippen molar-refractivity contribution >= 4 is 23.2 Å². The molecule has 0 fully saturated rings. The van der Waals surface area contributed by atoms with Crippen LogP contribution >= 0.6 is 0 Å². The van der Waals surface area contributed by atoms with E-state index in [2.05, 4.69) is 59.0 Å². The van der Waals surface area contributed by atoms with Crippen LogP contribution in [-0.2, 0) is 19.1 Å². The lowest BCUT2D eigenvalue weighted by atomic mass is 9.92. The minimum Gasteiger partial charge on any atom is -0.329 e. The Morgan fingerprint density at radius 3 is 2.50 bits per heavy atom. The molecule has 1 aromatic carbocycles. The molecule has 0 radical (unpaired) electrons. The summed E-state index contributed by atoms with van der Waals surface area (Å²) < 4.78 is 44.4. The molecule has 2 aromatic heterocycles. The summed E-state index contributed by atoms with van der Waals surface area (Å²) in [5, 5.41) is 3.36. The minimum absolute atomic E-state index is 0.0610. The van der Waals surface area contributed by atoms with Crippen LogP contribution in [0.4, 0.5) is 13.2 Å². The predicted octanol–water partition coefficient (Wildman–Crippen LogP) is 5.54. The summed E-state index contributed by atoms with van der Waals surface area (Å²) in [6.45, 7) is 8.46. The molecule has 3 aromatic rings. The molecule has 32 heavy (non-hydrogen) atoms. The fourth-order valence-corrected chi connectivity index (χ4v) is 3.93. The van der Waals surface area contributed by atoms with Crippen LogP contribution in [-0.4, -0.2) is 45.2 Å². The van der Waals surface area contributed by atoms with Crippen molar-refractivity contribution in [2.45, 2.75) is 52.8 Å². The number of hydrogen-bond donors (Lipinski definition) is 0. The van der Waals surface area contributed by atoms with E-state index >= 15 is 0 Å². The Morgan fingerprint density at radius 1 is 1.12 bits per heavy atom. The van der Waals surface area contributed by atoms with Crippen molar-refractivity contribution in [2.75, 3.05) is 20.6 Å². The Kier molecular flexibility index (Phi) is 7.07. The Morgan fingerprint density at radius 2 is 1.88 bits per heavy atom. The zero-order valence-electron chi connectivity index (χ0n) is 19.2. The summed E-state index contributed by atoms with van der Waals surface area (Å²) in [7, 11) is 4.15. The number of aryl methyl sites for hydroxylation is 1. The van der Waals surface area contributed by atoms with Crippen LogP contribution in [0.1, 0.15) is 56.7 Å². The average molecular weight is 450 g/mol. The minimum atomic E-state index is -4.65. The van der Waals surface area contributed by atoms with E-state index in [0.717, 1.165) is 54.8 Å². The molecule has 0 aliphatic rings. The molecule has 0 saturated heterocycles. The molecule has 0 spiro atoms. The lowest BCUT2D eigenvalue weighted by Crippen LogP contribution is -2.32. The van der Waals surface area contributed by atoms with Crippen molar-refractivity contribution in [3.05, 3.63) is 41.3 Å². The summed E-state index contributed by atoms with van der Waals surface area (Å²) >= 11 is 0. The maximum Gasteiger partial charge on any atom is 0.471 e. The van der Waals surface area contributed by atoms with Crippen LogP contribution in [0.2, 0.25) is 0 Å². The number of rotatable bonds is 9. The van der Waals surface area contributed by atoms with Crippen LogP contribution in [0.25, 0.3) is 23.2 Å². The first-order valence-electron chi connectivity index (χ1n) is 10.7. The van der Waals surface area contributed by atoms with Gasteiger partial charge in [0.2, 0.25) is 0 Å². The van der Waals surface area contributed by atoms with Gasteiger partial charge in [0, 0.05) is 19.5 Å². The number of benzene rings is 1. The first-order valence-corrected chi connectivity index (χ1v) is 10.7. The second kappa shape index (κ2) is 9.44. The Balaban J connectivity index is 1.90. The Hall–Kier alpha value is -2.68. The van der Waals surface area contributed by atoms with E-state index < -0.39 is 12.1 Å². The molecule has 3 rings (SSSR count). The molecule has 0 N–H and O–H groups in total. The summed E-state index contributed by atoms with van der Waals surface area (Å²) in [4.78, 5) is 10.4. The largest absolute Gasteiger partial charge is 0.471 e. The van der Waals surface area contributed by atoms with Gasteiger partial charge in [-0.15, -0.1) is 0 Å². The van der Waals surface area contributed by atoms with Crippen LogP contribution in [0.15, 0.2) is 22.7 Å². The Labute approximate surface area is 186 Å². The number of halogens is 3. The highest BCUT2D eigenvalue weighted by Crippen LogP contribution is 2.28. The zero-order valence-corrected chi connectivity index (χ0v) is 19.2. The molecule has 0 atom stereocenters. The SMILES string of the molecule is CCCCc1nc2cc(/C=C/c3noc(C(F)(F)F)n3)ccc2n1CC(C)(C)CN(C)C. The van der Waals surface area contributed by atoms with E-state index in [1.54, 1.807) is 6.08 Å². The van der Waals surface area contributed by atoms with E-state index in [1.165, 1.54) is 6.08 Å². The number of unbranched alkanes of at least 4 members (excludes halogenated alkanes) is 1. The first kappa shape index (κ1) is 24.0. The van der Waals surface area contributed by atoms with Gasteiger partial charge in [-0.1, -0.05) is 44.5 Å². The quantitative estimate of drug-likeness (QED) is 0.429. The van der Waals surface area contributed by atoms with E-state index in [4.69, 9.17) is 4.98 Å². The molecule has 9 heteroatoms. The number of fused-ring (bicyclic) bond motifs is 1. The van der Waals surface area contributed by atoms with Gasteiger partial charge in [0.25, 0.3) is 0 Å². The van der Waals surface area contributed by atoms with Gasteiger partial charge >= 0.3 is 12.1 Å². The van der Waals surface area contributed by atoms with Gasteiger partial charge in [0.15, 0.2) is 5.82 Å². The lowest BCUT2D eigenvalue weighted by Gasteiger charge is -2.29. The topological polar surface area (TPSA) is 60.0 Å². The molecule has 174 valence electrons. The lowest BCUT2D eigenvalue weighted by molar-refractivity contribution is -0.159. The molecule has 0 bridgehead atoms. The van der Waals surface area contributed by atoms with Gasteiger partial charge in [-0.2, -0.15) is 18.2 Å². The predicted molar refractivity (Wildman–Crippen MR) is 119 cm³/mol. The molecule has 0 amide bonds. The smallest absolute Gasteiger partial charge is 0.329 e. The summed E-state index contributed by atoms with van der Waals surface area (Å²) in [6.07, 6.45) is 1.45. The maximum atomic E-state index is 12.6. The normalized spacial score (nSPS) is 13.2. The molecule has 0 aliphatic carbocycles. The third kappa shape index (κ3) is 5.97. The molecular formula is C23H30F3N5O. The summed E-state index contributed by atoms with van der Waals surface area (Å²) in [5.41, 5.74) is 2.78. The van der Waals surface area contributed by atoms with Gasteiger partial charge in [-0.05, 0) is 49.7 Å². The van der Waals surface area contributed by atoms with E-state index in [-0.39, 0.29) is 11.2 Å². The highest BCUT2D eigenvalue weighted by molar-refractivity contribution is 5.81. The van der Waals surface area contributed by atoms with Crippen LogP contribution < -0.4 is 0 Å². The van der Waals surface area contributed by atoms with E-state index in [9.17, 15) is 13.2 Å². The number of nitrogens with zero attached hydrogens (tertiary/aromatic N) is 5. The molecule has 0 saturated carbocycles. The number of hydrogen-bond acceptors (Lipinski definition) is 5. The highest BCUT2D eigenvalue weighted by Gasteiger charge is 2.38. The second-order valence-electron chi connectivity index (χ2n) is 9.16. The van der Waals surface area contributed by atoms with Crippen molar-refractivity contribution in [1.29, 1.82) is 0 Å². The number of aromatic nitrogens is 4. The van der Waals surface area contributed by atoms with Crippen LogP contribution in [0, 0.1) is 5.41 Å². The van der Waals surface area contributed by atoms with Gasteiger partial charge in [0.1, 0.15) is 5.82 Å². The maximum absolute atomic E-state index is 12.6. The monoisotopic (exact) mass is 449 g/mol. The van der Waals surface area contributed by atoms with Crippen molar-refractivity contribution in [3.63, 3.8) is 0 Å². The fraction of sp³-hybridized carbons (Fsp3) is 0.522. The van der Waals surface area contributed by atoms with E-state index in [1.807, 2.05) is 18.2 Å². The zero-order chi connectivity index (χ0) is 23.5. The second-order valence-corrected chi connectivity index (χ2v) is 9.16. The molecule has 6 nitrogen and oxygen atoms in total. The Bertz CT molecular complexity index is 1080. The summed E-state index contributed by atoms with van der Waals surface area (Å²) in [5.74, 6) is -0.424. The highest BCUT2D eigenvalue weighted by atomic mass is 19.4. The van der Waals surface area contributed by atoms with Crippen molar-refractivity contribution in [2.24, 2.45) is 5.41 Å². The third-order valence-corrected chi connectivity index (χ3v) is 5.04. The van der Waals surface area contributed by atoms with Crippen LogP contribution in [0.3, 0.4) is 0 Å². The van der Waals surface area contributed by atoms with Crippen LogP contribution in [0.5, 0.6) is 0 Å². The van der Waals surface area contributed by atoms with Crippen molar-refractivity contribution in [1.82, 2.24) is 24.6 Å². The fourth-order valence-electron chi connectivity index (χ4n) is 3.93. The van der Waals surface area contributed by atoms with Crippen molar-refractivity contribution < 1.29 is 17.7 Å². The standard InChI is InChI=1S/C23H30F3N5O/c1-6-7-8-20-27-17-13-16(10-12-19-28-21(32-29-19)23(24,25)26)9-11-18(17)31(20)15-22(2,3)14-30(4)5/h9-13H,6-8,14-15H2,1-5H3/b12-10+. The van der Waals surface area contributed by atoms with Gasteiger partial charge in [0.05, 0.1) is 11.0 Å². The van der Waals surface area contributed by atoms with E-state index in [0.29, 0.717) is 0 Å². The first-order chi connectivity index (χ1) is 15.0. The van der Waals surface area contributed by atoms with Crippen molar-refractivity contribution in [3.8, 4) is 0 Å². The molecule has 0 aliphatic heterocycles. The van der Waals surface area contributed by atoms with Gasteiger partial charge in [-0.3, -0.25) is 0 Å². The average Bonchev–Trinajstić information content (AvgIpc) is 3.28. The third-order valence-electron chi connectivity index (χ3n) is 5.04. The molecule has 2 heterocycles. The molecule has 0 unspecified atom stereocenters. The number of alkyl halides is 3. The van der Waals surface area contributed by atoms with Gasteiger partial charge in [-0.25, -0.2) is 4.98 Å².